The molecule has 0 aliphatic rings. The fraction of sp³-hybridized carbons (Fsp3) is 0.125. The average molecular weight is 298 g/mol. The summed E-state index contributed by atoms with van der Waals surface area (Å²) in [5.74, 6) is 5.36. The Labute approximate surface area is 128 Å². The summed E-state index contributed by atoms with van der Waals surface area (Å²) in [7, 11) is 0. The summed E-state index contributed by atoms with van der Waals surface area (Å²) >= 11 is 0. The number of aliphatic imine (C=N–C) groups is 1. The first-order valence-corrected chi connectivity index (χ1v) is 6.76. The first kappa shape index (κ1) is 15.7. The maximum Gasteiger partial charge on any atom is 0.435 e. The van der Waals surface area contributed by atoms with E-state index in [1.54, 1.807) is 12.1 Å². The largest absolute Gasteiger partial charge is 0.443 e. The predicted molar refractivity (Wildman–Crippen MR) is 84.8 cm³/mol. The minimum absolute atomic E-state index is 0.116. The van der Waals surface area contributed by atoms with Gasteiger partial charge in [-0.15, -0.1) is 0 Å². The molecule has 2 aromatic rings. The molecule has 0 saturated heterocycles. The topological polar surface area (TPSA) is 103 Å². The number of amides is 1. The molecule has 0 heterocycles. The van der Waals surface area contributed by atoms with Crippen molar-refractivity contribution < 1.29 is 9.53 Å². The van der Waals surface area contributed by atoms with Crippen molar-refractivity contribution in [2.45, 2.75) is 13.2 Å². The average Bonchev–Trinajstić information content (AvgIpc) is 2.55. The van der Waals surface area contributed by atoms with Crippen LogP contribution in [0.25, 0.3) is 0 Å². The molecule has 0 aliphatic heterocycles. The van der Waals surface area contributed by atoms with Gasteiger partial charge in [-0.1, -0.05) is 54.6 Å². The molecule has 6 nitrogen and oxygen atoms in total. The summed E-state index contributed by atoms with van der Waals surface area (Å²) in [6, 6.07) is 16.6. The zero-order valence-corrected chi connectivity index (χ0v) is 12.0. The summed E-state index contributed by atoms with van der Waals surface area (Å²) in [6.45, 7) is 0.716. The third-order valence-corrected chi connectivity index (χ3v) is 2.97. The van der Waals surface area contributed by atoms with Crippen LogP contribution in [0.15, 0.2) is 59.6 Å². The van der Waals surface area contributed by atoms with Crippen molar-refractivity contribution in [3.05, 3.63) is 71.3 Å². The van der Waals surface area contributed by atoms with Crippen LogP contribution in [0.2, 0.25) is 0 Å². The lowest BCUT2D eigenvalue weighted by Gasteiger charge is -2.04. The molecule has 0 aromatic heterocycles. The highest BCUT2D eigenvalue weighted by molar-refractivity contribution is 6.02. The maximum atomic E-state index is 11.7. The van der Waals surface area contributed by atoms with Crippen LogP contribution in [-0.2, 0) is 17.9 Å². The van der Waals surface area contributed by atoms with Gasteiger partial charge in [0.25, 0.3) is 0 Å². The minimum atomic E-state index is -0.714. The Morgan fingerprint density at radius 3 is 2.36 bits per heavy atom. The van der Waals surface area contributed by atoms with Crippen LogP contribution in [0, 0.1) is 0 Å². The van der Waals surface area contributed by atoms with Crippen molar-refractivity contribution in [1.29, 1.82) is 0 Å². The summed E-state index contributed by atoms with van der Waals surface area (Å²) in [5, 5.41) is 0. The Morgan fingerprint density at radius 1 is 1.05 bits per heavy atom. The number of hydrogen-bond donors (Lipinski definition) is 3. The van der Waals surface area contributed by atoms with Gasteiger partial charge in [0.05, 0.1) is 0 Å². The van der Waals surface area contributed by atoms with Crippen LogP contribution in [0.4, 0.5) is 4.79 Å². The second kappa shape index (κ2) is 7.92. The van der Waals surface area contributed by atoms with Crippen LogP contribution in [0.1, 0.15) is 16.7 Å². The number of nitrogens with zero attached hydrogens (tertiary/aromatic N) is 1. The molecule has 0 unspecified atom stereocenters. The highest BCUT2D eigenvalue weighted by atomic mass is 16.5. The van der Waals surface area contributed by atoms with Crippen molar-refractivity contribution in [3.8, 4) is 0 Å². The van der Waals surface area contributed by atoms with Gasteiger partial charge in [-0.3, -0.25) is 11.3 Å². The summed E-state index contributed by atoms with van der Waals surface area (Å²) in [6.07, 6.45) is -0.714. The Kier molecular flexibility index (Phi) is 5.65. The Bertz CT molecular complexity index is 639. The van der Waals surface area contributed by atoms with Gasteiger partial charge in [0.2, 0.25) is 0 Å². The lowest BCUT2D eigenvalue weighted by molar-refractivity contribution is 0.151. The molecule has 0 aliphatic carbocycles. The maximum absolute atomic E-state index is 11.7. The van der Waals surface area contributed by atoms with Crippen molar-refractivity contribution in [2.24, 2.45) is 16.6 Å². The van der Waals surface area contributed by atoms with Crippen LogP contribution in [0.3, 0.4) is 0 Å². The Hall–Kier alpha value is -2.70. The predicted octanol–water partition coefficient (Wildman–Crippen LogP) is 1.69. The van der Waals surface area contributed by atoms with Crippen LogP contribution in [0.5, 0.6) is 0 Å². The molecule has 5 N–H and O–H groups in total. The molecule has 1 amide bonds. The number of amidine groups is 1. The van der Waals surface area contributed by atoms with Gasteiger partial charge in [-0.25, -0.2) is 4.79 Å². The van der Waals surface area contributed by atoms with E-state index in [1.165, 1.54) is 0 Å². The van der Waals surface area contributed by atoms with Crippen molar-refractivity contribution in [1.82, 2.24) is 5.43 Å². The van der Waals surface area contributed by atoms with Crippen molar-refractivity contribution in [2.75, 3.05) is 0 Å². The number of benzene rings is 2. The van der Waals surface area contributed by atoms with E-state index in [9.17, 15) is 4.79 Å². The van der Waals surface area contributed by atoms with Crippen LogP contribution >= 0.6 is 0 Å². The van der Waals surface area contributed by atoms with E-state index in [1.807, 2.05) is 42.5 Å². The molecule has 6 heteroatoms. The molecular weight excluding hydrogens is 280 g/mol. The number of carbonyl (C=O) groups is 1. The van der Waals surface area contributed by atoms with Gasteiger partial charge in [0.1, 0.15) is 12.4 Å². The zero-order chi connectivity index (χ0) is 15.8. The molecule has 0 fully saturated rings. The van der Waals surface area contributed by atoms with E-state index in [0.29, 0.717) is 12.1 Å². The highest BCUT2D eigenvalue weighted by Crippen LogP contribution is 2.05. The number of carbonyl (C=O) groups excluding carboxylic acids is 1. The van der Waals surface area contributed by atoms with Gasteiger partial charge in [-0.2, -0.15) is 4.99 Å². The first-order valence-electron chi connectivity index (χ1n) is 6.76. The zero-order valence-electron chi connectivity index (χ0n) is 12.0. The lowest BCUT2D eigenvalue weighted by Crippen LogP contribution is -2.21. The normalized spacial score (nSPS) is 11.2. The standard InChI is InChI=1S/C16H18N4O2/c17-15(14-8-6-12(7-9-14)10-19-18)20-16(21)22-11-13-4-2-1-3-5-13/h1-9,19H,10-11,18H2,(H2,17,20,21). The molecule has 0 saturated carbocycles. The molecule has 114 valence electrons. The van der Waals surface area contributed by atoms with E-state index in [-0.39, 0.29) is 12.4 Å². The molecule has 2 aromatic carbocycles. The Balaban J connectivity index is 1.94. The van der Waals surface area contributed by atoms with Crippen LogP contribution in [-0.4, -0.2) is 11.9 Å². The van der Waals surface area contributed by atoms with E-state index in [2.05, 4.69) is 10.4 Å². The molecular formula is C16H18N4O2. The monoisotopic (exact) mass is 298 g/mol. The van der Waals surface area contributed by atoms with Gasteiger partial charge >= 0.3 is 6.09 Å². The van der Waals surface area contributed by atoms with Gasteiger partial charge in [0, 0.05) is 12.1 Å². The van der Waals surface area contributed by atoms with E-state index in [4.69, 9.17) is 16.3 Å². The number of nitrogens with one attached hydrogen (secondary N) is 1. The summed E-state index contributed by atoms with van der Waals surface area (Å²) < 4.78 is 5.05. The molecule has 0 bridgehead atoms. The minimum Gasteiger partial charge on any atom is -0.443 e. The number of rotatable bonds is 5. The Morgan fingerprint density at radius 2 is 1.73 bits per heavy atom. The van der Waals surface area contributed by atoms with E-state index in [0.717, 1.165) is 11.1 Å². The number of ether oxygens (including phenoxy) is 1. The third kappa shape index (κ3) is 4.69. The van der Waals surface area contributed by atoms with Gasteiger partial charge in [0.15, 0.2) is 0 Å². The molecule has 0 spiro atoms. The smallest absolute Gasteiger partial charge is 0.435 e. The fourth-order valence-electron chi connectivity index (χ4n) is 1.83. The van der Waals surface area contributed by atoms with Gasteiger partial charge in [-0.05, 0) is 11.1 Å². The molecule has 0 atom stereocenters. The summed E-state index contributed by atoms with van der Waals surface area (Å²) in [5.41, 5.74) is 10.9. The van der Waals surface area contributed by atoms with Crippen LogP contribution < -0.4 is 17.0 Å². The lowest BCUT2D eigenvalue weighted by atomic mass is 10.1. The molecule has 2 rings (SSSR count). The van der Waals surface area contributed by atoms with E-state index < -0.39 is 6.09 Å². The van der Waals surface area contributed by atoms with E-state index >= 15 is 0 Å². The number of hydrogen-bond acceptors (Lipinski definition) is 4. The second-order valence-electron chi connectivity index (χ2n) is 4.62. The number of nitrogens with two attached hydrogens (primary N) is 2. The fourth-order valence-corrected chi connectivity index (χ4v) is 1.83. The van der Waals surface area contributed by atoms with Gasteiger partial charge < -0.3 is 10.5 Å². The quantitative estimate of drug-likeness (QED) is 0.337. The van der Waals surface area contributed by atoms with Crippen molar-refractivity contribution >= 4 is 11.9 Å². The highest BCUT2D eigenvalue weighted by Gasteiger charge is 2.05. The first-order chi connectivity index (χ1) is 10.7. The SMILES string of the molecule is NNCc1ccc(C(N)=NC(=O)OCc2ccccc2)cc1. The van der Waals surface area contributed by atoms with Crippen molar-refractivity contribution in [3.63, 3.8) is 0 Å². The number of hydrazine groups is 1. The molecule has 0 radical (unpaired) electrons. The third-order valence-electron chi connectivity index (χ3n) is 2.97. The second-order valence-corrected chi connectivity index (χ2v) is 4.62. The summed E-state index contributed by atoms with van der Waals surface area (Å²) in [4.78, 5) is 15.4. The molecule has 22 heavy (non-hydrogen) atoms.